The van der Waals surface area contributed by atoms with E-state index in [1.165, 1.54) is 4.68 Å². The minimum Gasteiger partial charge on any atom is -0.375 e. The normalized spacial score (nSPS) is 17.3. The third-order valence-electron chi connectivity index (χ3n) is 4.61. The minimum absolute atomic E-state index is 0.142. The average molecular weight is 367 g/mol. The van der Waals surface area contributed by atoms with Gasteiger partial charge in [-0.1, -0.05) is 5.16 Å². The Labute approximate surface area is 156 Å². The van der Waals surface area contributed by atoms with Gasteiger partial charge in [0.15, 0.2) is 0 Å². The first-order chi connectivity index (χ1) is 13.1. The van der Waals surface area contributed by atoms with Crippen molar-refractivity contribution in [3.8, 4) is 11.3 Å². The number of aryl methyl sites for hydroxylation is 1. The van der Waals surface area contributed by atoms with Crippen molar-refractivity contribution in [2.24, 2.45) is 0 Å². The number of anilines is 1. The molecular weight excluding hydrogens is 346 g/mol. The van der Waals surface area contributed by atoms with Crippen molar-refractivity contribution in [2.75, 3.05) is 24.6 Å². The predicted molar refractivity (Wildman–Crippen MR) is 99.7 cm³/mol. The van der Waals surface area contributed by atoms with Gasteiger partial charge >= 0.3 is 0 Å². The van der Waals surface area contributed by atoms with Gasteiger partial charge in [0.2, 0.25) is 0 Å². The summed E-state index contributed by atoms with van der Waals surface area (Å²) in [5.74, 6) is 0. The molecule has 27 heavy (non-hydrogen) atoms. The van der Waals surface area contributed by atoms with Crippen LogP contribution in [-0.2, 0) is 11.3 Å². The lowest BCUT2D eigenvalue weighted by Gasteiger charge is -2.32. The molecule has 1 aliphatic rings. The van der Waals surface area contributed by atoms with Crippen LogP contribution in [-0.4, -0.2) is 45.7 Å². The highest BCUT2D eigenvalue weighted by molar-refractivity contribution is 5.61. The SMILES string of the molecule is Cc1ccc(-c2nocc2Cn2ncc(N3CCO[C@@H](C)C3)cc2=O)cn1. The smallest absolute Gasteiger partial charge is 0.269 e. The topological polar surface area (TPSA) is 86.3 Å². The van der Waals surface area contributed by atoms with Crippen LogP contribution >= 0.6 is 0 Å². The summed E-state index contributed by atoms with van der Waals surface area (Å²) in [4.78, 5) is 19.0. The molecule has 0 unspecified atom stereocenters. The quantitative estimate of drug-likeness (QED) is 0.696. The highest BCUT2D eigenvalue weighted by atomic mass is 16.5. The molecule has 4 heterocycles. The Balaban J connectivity index is 1.56. The maximum absolute atomic E-state index is 12.6. The second-order valence-corrected chi connectivity index (χ2v) is 6.71. The van der Waals surface area contributed by atoms with E-state index in [9.17, 15) is 4.79 Å². The molecule has 0 aliphatic carbocycles. The molecule has 1 atom stereocenters. The fraction of sp³-hybridized carbons (Fsp3) is 0.368. The molecule has 0 radical (unpaired) electrons. The van der Waals surface area contributed by atoms with E-state index in [0.717, 1.165) is 35.6 Å². The average Bonchev–Trinajstić information content (AvgIpc) is 3.12. The molecule has 3 aromatic heterocycles. The van der Waals surface area contributed by atoms with Crippen LogP contribution in [0.2, 0.25) is 0 Å². The molecule has 4 rings (SSSR count). The van der Waals surface area contributed by atoms with Crippen molar-refractivity contribution in [3.05, 3.63) is 58.5 Å². The van der Waals surface area contributed by atoms with Gasteiger partial charge in [0.05, 0.1) is 31.1 Å². The van der Waals surface area contributed by atoms with Crippen LogP contribution < -0.4 is 10.5 Å². The van der Waals surface area contributed by atoms with Crippen LogP contribution in [0, 0.1) is 6.92 Å². The zero-order valence-corrected chi connectivity index (χ0v) is 15.3. The molecule has 0 spiro atoms. The summed E-state index contributed by atoms with van der Waals surface area (Å²) in [5.41, 5.74) is 3.87. The van der Waals surface area contributed by atoms with Crippen molar-refractivity contribution in [2.45, 2.75) is 26.5 Å². The lowest BCUT2D eigenvalue weighted by atomic mass is 10.1. The molecular formula is C19H21N5O3. The third kappa shape index (κ3) is 3.75. The molecule has 0 bridgehead atoms. The first-order valence-corrected chi connectivity index (χ1v) is 8.90. The van der Waals surface area contributed by atoms with Crippen molar-refractivity contribution in [3.63, 3.8) is 0 Å². The van der Waals surface area contributed by atoms with Gasteiger partial charge in [0.1, 0.15) is 12.0 Å². The molecule has 0 aromatic carbocycles. The first kappa shape index (κ1) is 17.4. The zero-order valence-electron chi connectivity index (χ0n) is 15.3. The summed E-state index contributed by atoms with van der Waals surface area (Å²) in [6, 6.07) is 5.46. The van der Waals surface area contributed by atoms with Crippen LogP contribution in [0.3, 0.4) is 0 Å². The van der Waals surface area contributed by atoms with E-state index >= 15 is 0 Å². The fourth-order valence-corrected chi connectivity index (χ4v) is 3.15. The fourth-order valence-electron chi connectivity index (χ4n) is 3.15. The summed E-state index contributed by atoms with van der Waals surface area (Å²) in [6.07, 6.45) is 5.15. The molecule has 8 heteroatoms. The molecule has 0 amide bonds. The van der Waals surface area contributed by atoms with E-state index in [1.807, 2.05) is 26.0 Å². The lowest BCUT2D eigenvalue weighted by Crippen LogP contribution is -2.41. The number of hydrogen-bond acceptors (Lipinski definition) is 7. The zero-order chi connectivity index (χ0) is 18.8. The van der Waals surface area contributed by atoms with Gasteiger partial charge in [0, 0.05) is 42.2 Å². The standard InChI is InChI=1S/C19H21N5O3/c1-13-3-4-15(8-20-13)19-16(12-27-22-19)11-24-18(25)7-17(9-21-24)23-5-6-26-14(2)10-23/h3-4,7-9,12,14H,5-6,10-11H2,1-2H3/t14-/m0/s1. The molecule has 1 fully saturated rings. The highest BCUT2D eigenvalue weighted by Gasteiger charge is 2.18. The summed E-state index contributed by atoms with van der Waals surface area (Å²) in [6.45, 7) is 6.39. The number of nitrogens with zero attached hydrogens (tertiary/aromatic N) is 5. The Hall–Kier alpha value is -3.00. The van der Waals surface area contributed by atoms with E-state index < -0.39 is 0 Å². The first-order valence-electron chi connectivity index (χ1n) is 8.90. The minimum atomic E-state index is -0.166. The predicted octanol–water partition coefficient (Wildman–Crippen LogP) is 1.88. The van der Waals surface area contributed by atoms with Crippen LogP contribution in [0.15, 0.2) is 46.2 Å². The number of aromatic nitrogens is 4. The van der Waals surface area contributed by atoms with Gasteiger partial charge in [-0.2, -0.15) is 5.10 Å². The van der Waals surface area contributed by atoms with Gasteiger partial charge in [-0.05, 0) is 26.0 Å². The number of hydrogen-bond donors (Lipinski definition) is 0. The summed E-state index contributed by atoms with van der Waals surface area (Å²) >= 11 is 0. The molecule has 0 saturated carbocycles. The van der Waals surface area contributed by atoms with Crippen LogP contribution in [0.4, 0.5) is 5.69 Å². The van der Waals surface area contributed by atoms with E-state index in [-0.39, 0.29) is 18.2 Å². The summed E-state index contributed by atoms with van der Waals surface area (Å²) in [5, 5.41) is 8.40. The Morgan fingerprint density at radius 2 is 2.19 bits per heavy atom. The van der Waals surface area contributed by atoms with E-state index in [1.54, 1.807) is 24.7 Å². The maximum atomic E-state index is 12.6. The number of rotatable bonds is 4. The Kier molecular flexibility index (Phi) is 4.72. The van der Waals surface area contributed by atoms with Crippen molar-refractivity contribution < 1.29 is 9.26 Å². The number of morpholine rings is 1. The van der Waals surface area contributed by atoms with Crippen LogP contribution in [0.1, 0.15) is 18.2 Å². The van der Waals surface area contributed by atoms with E-state index in [0.29, 0.717) is 12.3 Å². The second kappa shape index (κ2) is 7.32. The van der Waals surface area contributed by atoms with Gasteiger partial charge in [-0.3, -0.25) is 9.78 Å². The molecule has 3 aromatic rings. The van der Waals surface area contributed by atoms with Gasteiger partial charge in [0.25, 0.3) is 5.56 Å². The molecule has 0 N–H and O–H groups in total. The highest BCUT2D eigenvalue weighted by Crippen LogP contribution is 2.22. The van der Waals surface area contributed by atoms with Crippen molar-refractivity contribution >= 4 is 5.69 Å². The van der Waals surface area contributed by atoms with Gasteiger partial charge < -0.3 is 14.2 Å². The lowest BCUT2D eigenvalue weighted by molar-refractivity contribution is 0.0532. The number of pyridine rings is 1. The van der Waals surface area contributed by atoms with Crippen molar-refractivity contribution in [1.82, 2.24) is 19.9 Å². The second-order valence-electron chi connectivity index (χ2n) is 6.71. The molecule has 140 valence electrons. The van der Waals surface area contributed by atoms with Gasteiger partial charge in [-0.15, -0.1) is 0 Å². The monoisotopic (exact) mass is 367 g/mol. The van der Waals surface area contributed by atoms with Crippen LogP contribution in [0.25, 0.3) is 11.3 Å². The Morgan fingerprint density at radius 3 is 2.93 bits per heavy atom. The van der Waals surface area contributed by atoms with Gasteiger partial charge in [-0.25, -0.2) is 4.68 Å². The number of ether oxygens (including phenoxy) is 1. The molecule has 8 nitrogen and oxygen atoms in total. The van der Waals surface area contributed by atoms with Crippen molar-refractivity contribution in [1.29, 1.82) is 0 Å². The largest absolute Gasteiger partial charge is 0.375 e. The molecule has 1 aliphatic heterocycles. The summed E-state index contributed by atoms with van der Waals surface area (Å²) < 4.78 is 12.1. The Morgan fingerprint density at radius 1 is 1.30 bits per heavy atom. The third-order valence-corrected chi connectivity index (χ3v) is 4.61. The molecule has 1 saturated heterocycles. The van der Waals surface area contributed by atoms with E-state index in [4.69, 9.17) is 9.26 Å². The Bertz CT molecular complexity index is 980. The van der Waals surface area contributed by atoms with Crippen LogP contribution in [0.5, 0.6) is 0 Å². The maximum Gasteiger partial charge on any atom is 0.269 e. The summed E-state index contributed by atoms with van der Waals surface area (Å²) in [7, 11) is 0. The van der Waals surface area contributed by atoms with E-state index in [2.05, 4.69) is 20.1 Å².